The summed E-state index contributed by atoms with van der Waals surface area (Å²) in [6.45, 7) is 0. The van der Waals surface area contributed by atoms with Gasteiger partial charge in [0.25, 0.3) is 10.0 Å². The van der Waals surface area contributed by atoms with Gasteiger partial charge < -0.3 is 5.32 Å². The number of carbonyl (C=O) groups excluding carboxylic acids is 1. The molecule has 1 saturated carbocycles. The van der Waals surface area contributed by atoms with Gasteiger partial charge in [-0.2, -0.15) is 0 Å². The van der Waals surface area contributed by atoms with Crippen molar-refractivity contribution in [2.45, 2.75) is 17.2 Å². The number of amides is 1. The Kier molecular flexibility index (Phi) is 5.89. The normalized spacial score (nSPS) is 17.4. The molecule has 10 heteroatoms. The summed E-state index contributed by atoms with van der Waals surface area (Å²) in [5.41, 5.74) is 1.58. The summed E-state index contributed by atoms with van der Waals surface area (Å²) in [5.74, 6) is -0.0429. The first-order valence-corrected chi connectivity index (χ1v) is 12.6. The number of rotatable bonds is 6. The second-order valence-corrected chi connectivity index (χ2v) is 10.6. The Labute approximate surface area is 206 Å². The molecule has 172 valence electrons. The zero-order chi connectivity index (χ0) is 23.9. The van der Waals surface area contributed by atoms with Crippen molar-refractivity contribution in [3.63, 3.8) is 0 Å². The van der Waals surface area contributed by atoms with Gasteiger partial charge in [-0.05, 0) is 54.3 Å². The quantitative estimate of drug-likeness (QED) is 0.356. The summed E-state index contributed by atoms with van der Waals surface area (Å²) in [7, 11) is -3.79. The molecule has 2 aromatic heterocycles. The lowest BCUT2D eigenvalue weighted by Crippen LogP contribution is -2.15. The first-order chi connectivity index (χ1) is 16.3. The standard InChI is InChI=1S/C24H18Cl2N4O3S/c25-16-4-8-23(28-12-16)30-34(32,33)18-6-2-14(3-7-18)19-10-21(19)24(31)29-17-5-1-15-11-27-13-22(26)20(15)9-17/h1-9,11-13,19,21H,10H2,(H,28,30)(H,29,31)/t19?,21-/m1/s1. The first-order valence-electron chi connectivity index (χ1n) is 10.4. The van der Waals surface area contributed by atoms with Crippen LogP contribution in [0.5, 0.6) is 0 Å². The molecule has 34 heavy (non-hydrogen) atoms. The first kappa shape index (κ1) is 22.6. The van der Waals surface area contributed by atoms with Crippen LogP contribution >= 0.6 is 23.2 Å². The monoisotopic (exact) mass is 512 g/mol. The lowest BCUT2D eigenvalue weighted by molar-refractivity contribution is -0.117. The fourth-order valence-electron chi connectivity index (χ4n) is 3.82. The van der Waals surface area contributed by atoms with Gasteiger partial charge in [-0.25, -0.2) is 13.4 Å². The van der Waals surface area contributed by atoms with Gasteiger partial charge in [-0.15, -0.1) is 0 Å². The predicted molar refractivity (Wildman–Crippen MR) is 133 cm³/mol. The Morgan fingerprint density at radius 1 is 0.971 bits per heavy atom. The van der Waals surface area contributed by atoms with Gasteiger partial charge >= 0.3 is 0 Å². The van der Waals surface area contributed by atoms with Crippen molar-refractivity contribution in [1.29, 1.82) is 0 Å². The van der Waals surface area contributed by atoms with Crippen LogP contribution in [0.2, 0.25) is 10.0 Å². The molecule has 2 aromatic carbocycles. The van der Waals surface area contributed by atoms with E-state index in [-0.39, 0.29) is 28.5 Å². The predicted octanol–water partition coefficient (Wildman–Crippen LogP) is 5.48. The van der Waals surface area contributed by atoms with Gasteiger partial charge in [0, 0.05) is 41.0 Å². The highest BCUT2D eigenvalue weighted by Crippen LogP contribution is 2.48. The number of benzene rings is 2. The van der Waals surface area contributed by atoms with Crippen LogP contribution in [-0.4, -0.2) is 24.3 Å². The maximum atomic E-state index is 12.8. The van der Waals surface area contributed by atoms with Crippen LogP contribution in [0.25, 0.3) is 10.8 Å². The third-order valence-electron chi connectivity index (χ3n) is 5.69. The summed E-state index contributed by atoms with van der Waals surface area (Å²) in [6, 6.07) is 15.1. The molecular formula is C24H18Cl2N4O3S. The van der Waals surface area contributed by atoms with Crippen molar-refractivity contribution in [1.82, 2.24) is 9.97 Å². The molecule has 0 aliphatic heterocycles. The summed E-state index contributed by atoms with van der Waals surface area (Å²) in [5, 5.41) is 5.60. The van der Waals surface area contributed by atoms with E-state index in [1.165, 1.54) is 24.4 Å². The van der Waals surface area contributed by atoms with E-state index < -0.39 is 10.0 Å². The van der Waals surface area contributed by atoms with Crippen molar-refractivity contribution in [2.24, 2.45) is 5.92 Å². The van der Waals surface area contributed by atoms with Gasteiger partial charge in [0.15, 0.2) is 0 Å². The molecule has 1 unspecified atom stereocenters. The highest BCUT2D eigenvalue weighted by atomic mass is 35.5. The number of sulfonamides is 1. The molecule has 2 N–H and O–H groups in total. The number of aromatic nitrogens is 2. The topological polar surface area (TPSA) is 101 Å². The zero-order valence-electron chi connectivity index (χ0n) is 17.6. The van der Waals surface area contributed by atoms with Crippen LogP contribution in [0.3, 0.4) is 0 Å². The minimum atomic E-state index is -3.79. The van der Waals surface area contributed by atoms with Gasteiger partial charge in [0.2, 0.25) is 5.91 Å². The number of nitrogens with zero attached hydrogens (tertiary/aromatic N) is 2. The molecule has 4 aromatic rings. The number of fused-ring (bicyclic) bond motifs is 1. The Balaban J connectivity index is 1.24. The SMILES string of the molecule is O=C(Nc1ccc2cncc(Cl)c2c1)[C@@H]1CC1c1ccc(S(=O)(=O)Nc2ccc(Cl)cn2)cc1. The Bertz CT molecular complexity index is 1490. The molecule has 1 fully saturated rings. The van der Waals surface area contributed by atoms with E-state index in [9.17, 15) is 13.2 Å². The highest BCUT2D eigenvalue weighted by Gasteiger charge is 2.44. The lowest BCUT2D eigenvalue weighted by atomic mass is 10.1. The van der Waals surface area contributed by atoms with Crippen molar-refractivity contribution in [3.05, 3.63) is 88.8 Å². The molecule has 0 spiro atoms. The second kappa shape index (κ2) is 8.87. The number of carbonyl (C=O) groups is 1. The third kappa shape index (κ3) is 4.70. The van der Waals surface area contributed by atoms with E-state index in [0.29, 0.717) is 22.2 Å². The number of nitrogens with one attached hydrogen (secondary N) is 2. The molecule has 7 nitrogen and oxygen atoms in total. The number of hydrogen-bond acceptors (Lipinski definition) is 5. The Morgan fingerprint density at radius 2 is 1.76 bits per heavy atom. The van der Waals surface area contributed by atoms with Crippen LogP contribution in [0.15, 0.2) is 78.1 Å². The van der Waals surface area contributed by atoms with E-state index in [1.807, 2.05) is 18.2 Å². The fraction of sp³-hybridized carbons (Fsp3) is 0.125. The summed E-state index contributed by atoms with van der Waals surface area (Å²) in [6.07, 6.45) is 5.35. The minimum Gasteiger partial charge on any atom is -0.326 e. The summed E-state index contributed by atoms with van der Waals surface area (Å²) < 4.78 is 27.7. The molecule has 5 rings (SSSR count). The van der Waals surface area contributed by atoms with Crippen molar-refractivity contribution < 1.29 is 13.2 Å². The van der Waals surface area contributed by atoms with E-state index in [2.05, 4.69) is 20.0 Å². The van der Waals surface area contributed by atoms with Gasteiger partial charge in [0.05, 0.1) is 14.9 Å². The molecule has 1 amide bonds. The van der Waals surface area contributed by atoms with E-state index in [1.54, 1.807) is 30.6 Å². The number of pyridine rings is 2. The molecule has 2 heterocycles. The molecule has 0 bridgehead atoms. The second-order valence-electron chi connectivity index (χ2n) is 8.03. The Morgan fingerprint density at radius 3 is 2.50 bits per heavy atom. The molecule has 1 aliphatic rings. The van der Waals surface area contributed by atoms with E-state index >= 15 is 0 Å². The highest BCUT2D eigenvalue weighted by molar-refractivity contribution is 7.92. The largest absolute Gasteiger partial charge is 0.326 e. The molecule has 0 saturated heterocycles. The smallest absolute Gasteiger partial charge is 0.263 e. The van der Waals surface area contributed by atoms with Crippen LogP contribution in [0.4, 0.5) is 11.5 Å². The van der Waals surface area contributed by atoms with E-state index in [0.717, 1.165) is 16.3 Å². The molecule has 0 radical (unpaired) electrons. The van der Waals surface area contributed by atoms with Gasteiger partial charge in [-0.1, -0.05) is 41.4 Å². The molecule has 2 atom stereocenters. The minimum absolute atomic E-state index is 0.0379. The average molecular weight is 513 g/mol. The van der Waals surface area contributed by atoms with Gasteiger partial charge in [-0.3, -0.25) is 14.5 Å². The van der Waals surface area contributed by atoms with Crippen LogP contribution < -0.4 is 10.0 Å². The van der Waals surface area contributed by atoms with Crippen molar-refractivity contribution in [3.8, 4) is 0 Å². The third-order valence-corrected chi connectivity index (χ3v) is 7.59. The van der Waals surface area contributed by atoms with Crippen molar-refractivity contribution in [2.75, 3.05) is 10.0 Å². The zero-order valence-corrected chi connectivity index (χ0v) is 19.9. The van der Waals surface area contributed by atoms with Crippen molar-refractivity contribution >= 4 is 61.4 Å². The van der Waals surface area contributed by atoms with Crippen LogP contribution in [0, 0.1) is 5.92 Å². The number of halogens is 2. The molecule has 1 aliphatic carbocycles. The summed E-state index contributed by atoms with van der Waals surface area (Å²) >= 11 is 12.0. The lowest BCUT2D eigenvalue weighted by Gasteiger charge is -2.09. The fourth-order valence-corrected chi connectivity index (χ4v) is 5.16. The Hall–Kier alpha value is -3.20. The average Bonchev–Trinajstić information content (AvgIpc) is 3.62. The molecular weight excluding hydrogens is 495 g/mol. The summed E-state index contributed by atoms with van der Waals surface area (Å²) in [4.78, 5) is 20.9. The van der Waals surface area contributed by atoms with Crippen LogP contribution in [0.1, 0.15) is 17.9 Å². The maximum absolute atomic E-state index is 12.8. The van der Waals surface area contributed by atoms with Gasteiger partial charge in [0.1, 0.15) is 5.82 Å². The number of anilines is 2. The van der Waals surface area contributed by atoms with Crippen LogP contribution in [-0.2, 0) is 14.8 Å². The van der Waals surface area contributed by atoms with E-state index in [4.69, 9.17) is 23.2 Å². The number of hydrogen-bond donors (Lipinski definition) is 2. The maximum Gasteiger partial charge on any atom is 0.263 e.